The first-order valence-corrected chi connectivity index (χ1v) is 11.6. The van der Waals surface area contributed by atoms with E-state index < -0.39 is 5.60 Å². The van der Waals surface area contributed by atoms with Crippen LogP contribution in [0.2, 0.25) is 0 Å². The molecule has 4 nitrogen and oxygen atoms in total. The molecule has 0 amide bonds. The highest BCUT2D eigenvalue weighted by Crippen LogP contribution is 2.35. The van der Waals surface area contributed by atoms with Gasteiger partial charge >= 0.3 is 5.97 Å². The largest absolute Gasteiger partial charge is 0.493 e. The number of benzene rings is 2. The average molecular weight is 706 g/mol. The Morgan fingerprint density at radius 2 is 1.63 bits per heavy atom. The number of hydrogen-bond donors (Lipinski definition) is 0. The summed E-state index contributed by atoms with van der Waals surface area (Å²) in [6, 6.07) is 9.68. The zero-order chi connectivity index (χ0) is 20.2. The summed E-state index contributed by atoms with van der Waals surface area (Å²) in [4.78, 5) is 12.1. The maximum atomic E-state index is 12.1. The van der Waals surface area contributed by atoms with Gasteiger partial charge in [-0.25, -0.2) is 0 Å². The Balaban J connectivity index is 2.17. The van der Waals surface area contributed by atoms with Crippen LogP contribution in [0.5, 0.6) is 17.2 Å². The molecule has 0 heterocycles. The lowest BCUT2D eigenvalue weighted by Crippen LogP contribution is -2.24. The van der Waals surface area contributed by atoms with Crippen LogP contribution in [0.4, 0.5) is 0 Å². The molecule has 0 saturated carbocycles. The van der Waals surface area contributed by atoms with Gasteiger partial charge in [-0.05, 0) is 131 Å². The predicted molar refractivity (Wildman–Crippen MR) is 132 cm³/mol. The standard InChI is InChI=1S/C20H21I3O4/c1-5-25-17-7-6-13(11-14(17)21)26-19-15(22)8-12(9-16(19)23)10-18(24)27-20(2,3)4/h6-9,11H,5,10H2,1-4H3. The Morgan fingerprint density at radius 1 is 1.00 bits per heavy atom. The molecular formula is C20H21I3O4. The first-order chi connectivity index (χ1) is 12.6. The van der Waals surface area contributed by atoms with E-state index in [9.17, 15) is 4.79 Å². The smallest absolute Gasteiger partial charge is 0.310 e. The maximum Gasteiger partial charge on any atom is 0.310 e. The Bertz CT molecular complexity index is 805. The molecule has 2 rings (SSSR count). The maximum absolute atomic E-state index is 12.1. The number of esters is 1. The fourth-order valence-electron chi connectivity index (χ4n) is 2.29. The van der Waals surface area contributed by atoms with Crippen LogP contribution < -0.4 is 9.47 Å². The van der Waals surface area contributed by atoms with E-state index >= 15 is 0 Å². The SMILES string of the molecule is CCOc1ccc(Oc2c(I)cc(CC(=O)OC(C)(C)C)cc2I)cc1I. The molecule has 2 aromatic rings. The summed E-state index contributed by atoms with van der Waals surface area (Å²) in [5.41, 5.74) is 0.428. The van der Waals surface area contributed by atoms with Crippen molar-refractivity contribution in [1.29, 1.82) is 0 Å². The second-order valence-corrected chi connectivity index (χ2v) is 10.3. The van der Waals surface area contributed by atoms with Gasteiger partial charge in [0.05, 0.1) is 23.7 Å². The third-order valence-corrected chi connectivity index (χ3v) is 5.70. The van der Waals surface area contributed by atoms with Gasteiger partial charge in [-0.2, -0.15) is 0 Å². The highest BCUT2D eigenvalue weighted by atomic mass is 127. The molecule has 0 aliphatic carbocycles. The van der Waals surface area contributed by atoms with E-state index in [2.05, 4.69) is 67.8 Å². The number of carbonyl (C=O) groups is 1. The predicted octanol–water partition coefficient (Wildman–Crippen LogP) is 6.58. The molecule has 0 fully saturated rings. The van der Waals surface area contributed by atoms with Crippen LogP contribution >= 0.6 is 67.8 Å². The number of halogens is 3. The van der Waals surface area contributed by atoms with E-state index in [-0.39, 0.29) is 12.4 Å². The fraction of sp³-hybridized carbons (Fsp3) is 0.350. The molecule has 0 aliphatic heterocycles. The van der Waals surface area contributed by atoms with Gasteiger partial charge in [-0.3, -0.25) is 4.79 Å². The van der Waals surface area contributed by atoms with Gasteiger partial charge in [0, 0.05) is 0 Å². The monoisotopic (exact) mass is 706 g/mol. The second kappa shape index (κ2) is 9.95. The van der Waals surface area contributed by atoms with Gasteiger partial charge in [-0.15, -0.1) is 0 Å². The number of carbonyl (C=O) groups excluding carboxylic acids is 1. The van der Waals surface area contributed by atoms with E-state index in [4.69, 9.17) is 14.2 Å². The van der Waals surface area contributed by atoms with Gasteiger partial charge in [-0.1, -0.05) is 0 Å². The summed E-state index contributed by atoms with van der Waals surface area (Å²) < 4.78 is 20.0. The van der Waals surface area contributed by atoms with Crippen molar-refractivity contribution in [3.63, 3.8) is 0 Å². The van der Waals surface area contributed by atoms with E-state index in [1.807, 2.05) is 58.0 Å². The Kier molecular flexibility index (Phi) is 8.47. The molecule has 0 aromatic heterocycles. The van der Waals surface area contributed by atoms with Crippen LogP contribution in [0.25, 0.3) is 0 Å². The number of hydrogen-bond acceptors (Lipinski definition) is 4. The van der Waals surface area contributed by atoms with Crippen molar-refractivity contribution in [2.45, 2.75) is 39.7 Å². The lowest BCUT2D eigenvalue weighted by atomic mass is 10.1. The summed E-state index contributed by atoms with van der Waals surface area (Å²) >= 11 is 6.71. The molecule has 0 unspecified atom stereocenters. The van der Waals surface area contributed by atoms with Crippen LogP contribution in [0.15, 0.2) is 30.3 Å². The highest BCUT2D eigenvalue weighted by Gasteiger charge is 2.18. The van der Waals surface area contributed by atoms with Crippen molar-refractivity contribution >= 4 is 73.7 Å². The zero-order valence-corrected chi connectivity index (χ0v) is 22.0. The van der Waals surface area contributed by atoms with E-state index in [1.54, 1.807) is 0 Å². The van der Waals surface area contributed by atoms with E-state index in [0.717, 1.165) is 33.5 Å². The molecule has 0 N–H and O–H groups in total. The molecule has 0 atom stereocenters. The Morgan fingerprint density at radius 3 is 2.15 bits per heavy atom. The topological polar surface area (TPSA) is 44.8 Å². The van der Waals surface area contributed by atoms with Gasteiger partial charge in [0.25, 0.3) is 0 Å². The molecule has 0 bridgehead atoms. The zero-order valence-electron chi connectivity index (χ0n) is 15.6. The van der Waals surface area contributed by atoms with Crippen molar-refractivity contribution in [2.75, 3.05) is 6.61 Å². The Labute approximate surface area is 201 Å². The van der Waals surface area contributed by atoms with Gasteiger partial charge < -0.3 is 14.2 Å². The lowest BCUT2D eigenvalue weighted by Gasteiger charge is -2.19. The molecule has 7 heteroatoms. The molecule has 2 aromatic carbocycles. The molecule has 0 radical (unpaired) electrons. The fourth-order valence-corrected chi connectivity index (χ4v) is 5.05. The average Bonchev–Trinajstić information content (AvgIpc) is 2.51. The molecule has 0 saturated heterocycles. The van der Waals surface area contributed by atoms with Gasteiger partial charge in [0.1, 0.15) is 17.1 Å². The number of rotatable bonds is 6. The molecular weight excluding hydrogens is 685 g/mol. The highest BCUT2D eigenvalue weighted by molar-refractivity contribution is 14.1. The quantitative estimate of drug-likeness (QED) is 0.252. The second-order valence-electron chi connectivity index (χ2n) is 6.78. The third kappa shape index (κ3) is 7.22. The summed E-state index contributed by atoms with van der Waals surface area (Å²) in [6.07, 6.45) is 0.241. The van der Waals surface area contributed by atoms with Gasteiger partial charge in [0.2, 0.25) is 0 Å². The summed E-state index contributed by atoms with van der Waals surface area (Å²) in [5, 5.41) is 0. The van der Waals surface area contributed by atoms with Crippen molar-refractivity contribution < 1.29 is 19.0 Å². The summed E-state index contributed by atoms with van der Waals surface area (Å²) in [6.45, 7) is 8.20. The van der Waals surface area contributed by atoms with Gasteiger partial charge in [0.15, 0.2) is 5.75 Å². The number of ether oxygens (including phenoxy) is 3. The lowest BCUT2D eigenvalue weighted by molar-refractivity contribution is -0.153. The van der Waals surface area contributed by atoms with Crippen LogP contribution in [-0.2, 0) is 16.0 Å². The van der Waals surface area contributed by atoms with Crippen LogP contribution in [-0.4, -0.2) is 18.2 Å². The first-order valence-electron chi connectivity index (χ1n) is 8.39. The van der Waals surface area contributed by atoms with E-state index in [1.165, 1.54) is 0 Å². The normalized spacial score (nSPS) is 11.2. The van der Waals surface area contributed by atoms with Crippen molar-refractivity contribution in [3.05, 3.63) is 46.6 Å². The summed E-state index contributed by atoms with van der Waals surface area (Å²) in [5.74, 6) is 2.15. The van der Waals surface area contributed by atoms with E-state index in [0.29, 0.717) is 6.61 Å². The molecule has 146 valence electrons. The summed E-state index contributed by atoms with van der Waals surface area (Å²) in [7, 11) is 0. The minimum absolute atomic E-state index is 0.233. The first kappa shape index (κ1) is 23.0. The molecule has 27 heavy (non-hydrogen) atoms. The third-order valence-electron chi connectivity index (χ3n) is 3.25. The van der Waals surface area contributed by atoms with Crippen LogP contribution in [0, 0.1) is 10.7 Å². The molecule has 0 spiro atoms. The Hall–Kier alpha value is -0.300. The van der Waals surface area contributed by atoms with Crippen molar-refractivity contribution in [3.8, 4) is 17.2 Å². The minimum atomic E-state index is -0.481. The minimum Gasteiger partial charge on any atom is -0.493 e. The van der Waals surface area contributed by atoms with Crippen LogP contribution in [0.1, 0.15) is 33.3 Å². The van der Waals surface area contributed by atoms with Crippen LogP contribution in [0.3, 0.4) is 0 Å². The van der Waals surface area contributed by atoms with Crippen molar-refractivity contribution in [2.24, 2.45) is 0 Å². The van der Waals surface area contributed by atoms with Crippen molar-refractivity contribution in [1.82, 2.24) is 0 Å². The molecule has 0 aliphatic rings.